The van der Waals surface area contributed by atoms with Crippen LogP contribution in [0.2, 0.25) is 0 Å². The fourth-order valence-corrected chi connectivity index (χ4v) is 7.07. The highest BCUT2D eigenvalue weighted by molar-refractivity contribution is 5.88. The van der Waals surface area contributed by atoms with Gasteiger partial charge in [0, 0.05) is 18.6 Å². The molecule has 4 fully saturated rings. The number of ether oxygens (including phenoxy) is 3. The van der Waals surface area contributed by atoms with Gasteiger partial charge in [0.25, 0.3) is 0 Å². The second-order valence-electron chi connectivity index (χ2n) is 12.1. The summed E-state index contributed by atoms with van der Waals surface area (Å²) in [5.74, 6) is 0.460. The topological polar surface area (TPSA) is 120 Å². The van der Waals surface area contributed by atoms with Crippen LogP contribution in [-0.4, -0.2) is 59.8 Å². The van der Waals surface area contributed by atoms with Gasteiger partial charge in [0.15, 0.2) is 0 Å². The van der Waals surface area contributed by atoms with Gasteiger partial charge in [-0.25, -0.2) is 4.79 Å². The van der Waals surface area contributed by atoms with E-state index in [-0.39, 0.29) is 42.8 Å². The molecule has 8 heteroatoms. The largest absolute Gasteiger partial charge is 0.462 e. The number of nitrogens with one attached hydrogen (secondary N) is 1. The first-order valence-corrected chi connectivity index (χ1v) is 13.9. The van der Waals surface area contributed by atoms with Crippen LogP contribution in [0.5, 0.6) is 0 Å². The number of hydrogen-bond donors (Lipinski definition) is 3. The van der Waals surface area contributed by atoms with Gasteiger partial charge in [0.2, 0.25) is 0 Å². The minimum atomic E-state index is -0.827. The number of carbonyl (C=O) groups excluding carboxylic acids is 2. The Balaban J connectivity index is 1.55. The van der Waals surface area contributed by atoms with Gasteiger partial charge in [0.1, 0.15) is 17.3 Å². The van der Waals surface area contributed by atoms with Crippen LogP contribution >= 0.6 is 0 Å². The minimum Gasteiger partial charge on any atom is -0.462 e. The molecule has 204 valence electrons. The maximum Gasteiger partial charge on any atom is 0.334 e. The number of fused-ring (bicyclic) bond motifs is 2. The van der Waals surface area contributed by atoms with E-state index in [9.17, 15) is 14.7 Å². The van der Waals surface area contributed by atoms with Crippen molar-refractivity contribution < 1.29 is 28.9 Å². The fraction of sp³-hybridized carbons (Fsp3) is 0.857. The monoisotopic (exact) mass is 506 g/mol. The van der Waals surface area contributed by atoms with Gasteiger partial charge in [-0.05, 0) is 103 Å². The van der Waals surface area contributed by atoms with Crippen LogP contribution in [-0.2, 0) is 23.8 Å². The third-order valence-electron chi connectivity index (χ3n) is 9.35. The van der Waals surface area contributed by atoms with E-state index in [0.717, 1.165) is 45.1 Å². The first-order chi connectivity index (χ1) is 17.1. The molecule has 0 bridgehead atoms. The second-order valence-corrected chi connectivity index (χ2v) is 12.1. The van der Waals surface area contributed by atoms with E-state index in [0.29, 0.717) is 42.6 Å². The highest BCUT2D eigenvalue weighted by atomic mass is 16.6. The van der Waals surface area contributed by atoms with E-state index in [2.05, 4.69) is 5.32 Å². The molecular weight excluding hydrogens is 460 g/mol. The first kappa shape index (κ1) is 27.6. The number of carbonyl (C=O) groups is 2. The lowest BCUT2D eigenvalue weighted by Crippen LogP contribution is -2.55. The van der Waals surface area contributed by atoms with Crippen molar-refractivity contribution in [2.75, 3.05) is 13.2 Å². The zero-order valence-electron chi connectivity index (χ0n) is 22.5. The van der Waals surface area contributed by atoms with Crippen molar-refractivity contribution in [3.8, 4) is 0 Å². The van der Waals surface area contributed by atoms with Crippen LogP contribution in [0, 0.1) is 23.7 Å². The summed E-state index contributed by atoms with van der Waals surface area (Å²) in [6.07, 6.45) is 8.86. The molecule has 0 aromatic heterocycles. The molecule has 8 nitrogen and oxygen atoms in total. The van der Waals surface area contributed by atoms with E-state index in [4.69, 9.17) is 19.9 Å². The Labute approximate surface area is 215 Å². The number of allylic oxidation sites excluding steroid dienone is 1. The van der Waals surface area contributed by atoms with Gasteiger partial charge in [-0.3, -0.25) is 4.79 Å². The highest BCUT2D eigenvalue weighted by Crippen LogP contribution is 2.55. The molecule has 0 spiro atoms. The second kappa shape index (κ2) is 11.1. The van der Waals surface area contributed by atoms with Gasteiger partial charge >= 0.3 is 11.9 Å². The van der Waals surface area contributed by atoms with Crippen LogP contribution < -0.4 is 11.1 Å². The molecule has 0 aromatic rings. The Hall–Kier alpha value is -1.48. The van der Waals surface area contributed by atoms with E-state index < -0.39 is 11.2 Å². The molecule has 1 aliphatic carbocycles. The molecule has 8 unspecified atom stereocenters. The van der Waals surface area contributed by atoms with Crippen molar-refractivity contribution in [2.24, 2.45) is 29.4 Å². The summed E-state index contributed by atoms with van der Waals surface area (Å²) in [6, 6.07) is 0. The lowest BCUT2D eigenvalue weighted by molar-refractivity contribution is -0.207. The van der Waals surface area contributed by atoms with Gasteiger partial charge < -0.3 is 30.4 Å². The summed E-state index contributed by atoms with van der Waals surface area (Å²) in [4.78, 5) is 25.5. The molecule has 0 radical (unpaired) electrons. The van der Waals surface area contributed by atoms with Crippen LogP contribution in [0.3, 0.4) is 0 Å². The van der Waals surface area contributed by atoms with Crippen LogP contribution in [0.4, 0.5) is 0 Å². The van der Waals surface area contributed by atoms with Crippen molar-refractivity contribution in [3.05, 3.63) is 11.6 Å². The van der Waals surface area contributed by atoms with Crippen molar-refractivity contribution in [1.82, 2.24) is 5.32 Å². The third kappa shape index (κ3) is 5.66. The molecule has 4 aliphatic rings. The van der Waals surface area contributed by atoms with Gasteiger partial charge in [0.05, 0.1) is 18.2 Å². The van der Waals surface area contributed by atoms with E-state index in [1.165, 1.54) is 0 Å². The van der Waals surface area contributed by atoms with Crippen molar-refractivity contribution in [1.29, 1.82) is 0 Å². The van der Waals surface area contributed by atoms with Crippen LogP contribution in [0.1, 0.15) is 85.5 Å². The summed E-state index contributed by atoms with van der Waals surface area (Å²) in [6.45, 7) is 8.57. The Morgan fingerprint density at radius 3 is 2.72 bits per heavy atom. The van der Waals surface area contributed by atoms with Gasteiger partial charge in [-0.2, -0.15) is 0 Å². The number of nitrogens with two attached hydrogens (primary N) is 1. The predicted octanol–water partition coefficient (Wildman–Crippen LogP) is 3.21. The SMILES string of the molecule is CC=C(C)C(=O)OC(C)(C)C1(CC2CCNC(N)C2)CC2CC3CC(CCCO)C(=O)OC3CC2O1. The average molecular weight is 507 g/mol. The van der Waals surface area contributed by atoms with Crippen LogP contribution in [0.15, 0.2) is 11.6 Å². The number of aliphatic hydroxyl groups excluding tert-OH is 1. The molecule has 4 N–H and O–H groups in total. The minimum absolute atomic E-state index is 0.0239. The number of rotatable bonds is 8. The maximum atomic E-state index is 12.9. The molecule has 1 saturated carbocycles. The van der Waals surface area contributed by atoms with E-state index in [1.54, 1.807) is 13.0 Å². The summed E-state index contributed by atoms with van der Waals surface area (Å²) in [5.41, 5.74) is 5.37. The van der Waals surface area contributed by atoms with Crippen molar-refractivity contribution in [3.63, 3.8) is 0 Å². The zero-order valence-corrected chi connectivity index (χ0v) is 22.5. The summed E-state index contributed by atoms with van der Waals surface area (Å²) < 4.78 is 19.0. The fourth-order valence-electron chi connectivity index (χ4n) is 7.07. The smallest absolute Gasteiger partial charge is 0.334 e. The quantitative estimate of drug-likeness (QED) is 0.339. The van der Waals surface area contributed by atoms with Crippen LogP contribution in [0.25, 0.3) is 0 Å². The average Bonchev–Trinajstić information content (AvgIpc) is 3.19. The Morgan fingerprint density at radius 1 is 1.25 bits per heavy atom. The Bertz CT molecular complexity index is 844. The van der Waals surface area contributed by atoms with Crippen molar-refractivity contribution in [2.45, 2.75) is 115 Å². The standard InChI is InChI=1S/C28H46N2O6/c1-5-17(2)25(32)36-27(3,4)28(15-18-8-9-30-24(29)11-18)16-21-13-20-12-19(7-6-10-31)26(33)34-22(20)14-23(21)35-28/h5,18-24,30-31H,6-16,29H2,1-4H3. The summed E-state index contributed by atoms with van der Waals surface area (Å²) in [7, 11) is 0. The summed E-state index contributed by atoms with van der Waals surface area (Å²) >= 11 is 0. The van der Waals surface area contributed by atoms with Gasteiger partial charge in [-0.15, -0.1) is 0 Å². The zero-order chi connectivity index (χ0) is 26.1. The Morgan fingerprint density at radius 2 is 2.03 bits per heavy atom. The Kier molecular flexibility index (Phi) is 8.49. The molecule has 4 rings (SSSR count). The summed E-state index contributed by atoms with van der Waals surface area (Å²) in [5, 5.41) is 12.5. The first-order valence-electron chi connectivity index (χ1n) is 13.9. The highest BCUT2D eigenvalue weighted by Gasteiger charge is 2.60. The molecule has 3 saturated heterocycles. The molecular formula is C28H46N2O6. The van der Waals surface area contributed by atoms with Crippen molar-refractivity contribution >= 4 is 11.9 Å². The van der Waals surface area contributed by atoms with E-state index in [1.807, 2.05) is 20.8 Å². The lowest BCUT2D eigenvalue weighted by Gasteiger charge is -2.46. The lowest BCUT2D eigenvalue weighted by atomic mass is 9.68. The molecule has 0 amide bonds. The maximum absolute atomic E-state index is 12.9. The number of aliphatic hydroxyl groups is 1. The van der Waals surface area contributed by atoms with Gasteiger partial charge in [-0.1, -0.05) is 6.08 Å². The molecule has 8 atom stereocenters. The normalized spacial score (nSPS) is 39.2. The molecule has 3 aliphatic heterocycles. The molecule has 3 heterocycles. The number of hydrogen-bond acceptors (Lipinski definition) is 8. The molecule has 36 heavy (non-hydrogen) atoms. The number of esters is 2. The third-order valence-corrected chi connectivity index (χ3v) is 9.35. The van der Waals surface area contributed by atoms with E-state index >= 15 is 0 Å². The molecule has 0 aromatic carbocycles. The number of piperidine rings is 1. The predicted molar refractivity (Wildman–Crippen MR) is 136 cm³/mol.